The van der Waals surface area contributed by atoms with Crippen LogP contribution >= 0.6 is 0 Å². The second-order valence-corrected chi connectivity index (χ2v) is 5.01. The van der Waals surface area contributed by atoms with Crippen molar-refractivity contribution in [2.45, 2.75) is 58.3 Å². The molecule has 0 aliphatic carbocycles. The van der Waals surface area contributed by atoms with E-state index in [0.29, 0.717) is 12.1 Å². The second kappa shape index (κ2) is 5.83. The summed E-state index contributed by atoms with van der Waals surface area (Å²) in [4.78, 5) is 0. The molecule has 0 radical (unpaired) electrons. The number of hydrogen-bond donors (Lipinski definition) is 1. The summed E-state index contributed by atoms with van der Waals surface area (Å²) < 4.78 is 11.2. The first-order valence-electron chi connectivity index (χ1n) is 6.02. The lowest BCUT2D eigenvalue weighted by molar-refractivity contribution is -0.0160. The average Bonchev–Trinajstić information content (AvgIpc) is 2.52. The van der Waals surface area contributed by atoms with Gasteiger partial charge in [0.2, 0.25) is 0 Å². The van der Waals surface area contributed by atoms with Gasteiger partial charge in [0.15, 0.2) is 0 Å². The third-order valence-electron chi connectivity index (χ3n) is 2.82. The van der Waals surface area contributed by atoms with Crippen LogP contribution in [-0.4, -0.2) is 37.5 Å². The van der Waals surface area contributed by atoms with Gasteiger partial charge in [-0.25, -0.2) is 0 Å². The predicted octanol–water partition coefficient (Wildman–Crippen LogP) is 1.96. The maximum Gasteiger partial charge on any atom is 0.0707 e. The van der Waals surface area contributed by atoms with E-state index >= 15 is 0 Å². The van der Waals surface area contributed by atoms with Gasteiger partial charge in [0.05, 0.1) is 18.3 Å². The van der Waals surface area contributed by atoms with Gasteiger partial charge in [-0.05, 0) is 40.5 Å². The van der Waals surface area contributed by atoms with Gasteiger partial charge in [0, 0.05) is 19.2 Å². The van der Waals surface area contributed by atoms with Gasteiger partial charge in [0.1, 0.15) is 0 Å². The summed E-state index contributed by atoms with van der Waals surface area (Å²) in [6, 6.07) is 0.414. The van der Waals surface area contributed by atoms with Crippen molar-refractivity contribution in [3.63, 3.8) is 0 Å². The molecule has 0 aromatic carbocycles. The molecule has 1 rings (SSSR count). The Balaban J connectivity index is 2.10. The second-order valence-electron chi connectivity index (χ2n) is 5.01. The lowest BCUT2D eigenvalue weighted by atomic mass is 10.1. The predicted molar refractivity (Wildman–Crippen MR) is 62.1 cm³/mol. The van der Waals surface area contributed by atoms with Gasteiger partial charge in [-0.3, -0.25) is 0 Å². The Morgan fingerprint density at radius 1 is 1.53 bits per heavy atom. The van der Waals surface area contributed by atoms with Crippen LogP contribution in [-0.2, 0) is 9.47 Å². The van der Waals surface area contributed by atoms with E-state index in [4.69, 9.17) is 9.47 Å². The van der Waals surface area contributed by atoms with E-state index in [1.165, 1.54) is 12.8 Å². The molecule has 2 atom stereocenters. The molecule has 2 unspecified atom stereocenters. The van der Waals surface area contributed by atoms with Crippen LogP contribution in [0, 0.1) is 0 Å². The number of rotatable bonds is 6. The van der Waals surface area contributed by atoms with E-state index in [-0.39, 0.29) is 5.60 Å². The van der Waals surface area contributed by atoms with Gasteiger partial charge in [0.25, 0.3) is 0 Å². The Hall–Kier alpha value is -0.120. The minimum absolute atomic E-state index is 0.0789. The first-order chi connectivity index (χ1) is 7.03. The molecule has 0 aromatic rings. The van der Waals surface area contributed by atoms with Crippen LogP contribution in [0.15, 0.2) is 0 Å². The Labute approximate surface area is 93.5 Å². The molecular weight excluding hydrogens is 190 g/mol. The lowest BCUT2D eigenvalue weighted by Gasteiger charge is -2.21. The molecule has 3 heteroatoms. The van der Waals surface area contributed by atoms with Crippen LogP contribution in [0.25, 0.3) is 0 Å². The van der Waals surface area contributed by atoms with Crippen LogP contribution < -0.4 is 5.32 Å². The third kappa shape index (κ3) is 4.96. The molecule has 0 saturated carbocycles. The quantitative estimate of drug-likeness (QED) is 0.734. The molecule has 1 aliphatic heterocycles. The molecule has 3 nitrogen and oxygen atoms in total. The summed E-state index contributed by atoms with van der Waals surface area (Å²) in [7, 11) is 0. The SMILES string of the molecule is CCOCC(C)NCC1CCC(C)(C)O1. The molecule has 90 valence electrons. The highest BCUT2D eigenvalue weighted by Crippen LogP contribution is 2.28. The Morgan fingerprint density at radius 3 is 2.80 bits per heavy atom. The van der Waals surface area contributed by atoms with E-state index in [9.17, 15) is 0 Å². The fourth-order valence-corrected chi connectivity index (χ4v) is 1.91. The zero-order chi connectivity index (χ0) is 11.3. The highest BCUT2D eigenvalue weighted by atomic mass is 16.5. The minimum atomic E-state index is 0.0789. The Kier molecular flexibility index (Phi) is 5.03. The van der Waals surface area contributed by atoms with Crippen LogP contribution in [0.4, 0.5) is 0 Å². The minimum Gasteiger partial charge on any atom is -0.380 e. The molecule has 1 fully saturated rings. The highest BCUT2D eigenvalue weighted by molar-refractivity contribution is 4.82. The molecule has 0 amide bonds. The maximum absolute atomic E-state index is 5.90. The fraction of sp³-hybridized carbons (Fsp3) is 1.00. The van der Waals surface area contributed by atoms with E-state index in [0.717, 1.165) is 19.8 Å². The number of nitrogens with one attached hydrogen (secondary N) is 1. The van der Waals surface area contributed by atoms with Crippen molar-refractivity contribution in [3.05, 3.63) is 0 Å². The first kappa shape index (κ1) is 12.9. The smallest absolute Gasteiger partial charge is 0.0707 e. The molecule has 15 heavy (non-hydrogen) atoms. The van der Waals surface area contributed by atoms with E-state index in [2.05, 4.69) is 26.1 Å². The first-order valence-corrected chi connectivity index (χ1v) is 6.02. The summed E-state index contributed by atoms with van der Waals surface area (Å²) in [5.74, 6) is 0. The zero-order valence-corrected chi connectivity index (χ0v) is 10.5. The van der Waals surface area contributed by atoms with Crippen molar-refractivity contribution >= 4 is 0 Å². The van der Waals surface area contributed by atoms with Crippen molar-refractivity contribution in [1.29, 1.82) is 0 Å². The molecule has 0 bridgehead atoms. The standard InChI is InChI=1S/C12H25NO2/c1-5-14-9-10(2)13-8-11-6-7-12(3,4)15-11/h10-11,13H,5-9H2,1-4H3. The molecule has 0 aromatic heterocycles. The van der Waals surface area contributed by atoms with Gasteiger partial charge >= 0.3 is 0 Å². The number of hydrogen-bond acceptors (Lipinski definition) is 3. The van der Waals surface area contributed by atoms with Gasteiger partial charge in [-0.15, -0.1) is 0 Å². The van der Waals surface area contributed by atoms with Crippen molar-refractivity contribution in [2.75, 3.05) is 19.8 Å². The summed E-state index contributed by atoms with van der Waals surface area (Å²) in [5.41, 5.74) is 0.0789. The van der Waals surface area contributed by atoms with Gasteiger partial charge in [-0.1, -0.05) is 0 Å². The van der Waals surface area contributed by atoms with E-state index < -0.39 is 0 Å². The average molecular weight is 215 g/mol. The van der Waals surface area contributed by atoms with Crippen LogP contribution in [0.2, 0.25) is 0 Å². The van der Waals surface area contributed by atoms with Crippen LogP contribution in [0.1, 0.15) is 40.5 Å². The highest BCUT2D eigenvalue weighted by Gasteiger charge is 2.31. The van der Waals surface area contributed by atoms with E-state index in [1.54, 1.807) is 0 Å². The Bertz CT molecular complexity index is 182. The maximum atomic E-state index is 5.90. The van der Waals surface area contributed by atoms with E-state index in [1.807, 2.05) is 6.92 Å². The van der Waals surface area contributed by atoms with Gasteiger partial charge in [-0.2, -0.15) is 0 Å². The molecule has 1 aliphatic rings. The molecule has 1 N–H and O–H groups in total. The van der Waals surface area contributed by atoms with Gasteiger partial charge < -0.3 is 14.8 Å². The van der Waals surface area contributed by atoms with Crippen molar-refractivity contribution < 1.29 is 9.47 Å². The van der Waals surface area contributed by atoms with Crippen LogP contribution in [0.5, 0.6) is 0 Å². The van der Waals surface area contributed by atoms with Crippen molar-refractivity contribution in [1.82, 2.24) is 5.32 Å². The third-order valence-corrected chi connectivity index (χ3v) is 2.82. The summed E-state index contributed by atoms with van der Waals surface area (Å²) in [6.07, 6.45) is 2.71. The monoisotopic (exact) mass is 215 g/mol. The normalized spacial score (nSPS) is 26.8. The fourth-order valence-electron chi connectivity index (χ4n) is 1.91. The molecule has 1 heterocycles. The summed E-state index contributed by atoms with van der Waals surface area (Å²) in [5, 5.41) is 3.45. The number of ether oxygens (including phenoxy) is 2. The molecular formula is C12H25NO2. The zero-order valence-electron chi connectivity index (χ0n) is 10.5. The summed E-state index contributed by atoms with van der Waals surface area (Å²) >= 11 is 0. The molecule has 0 spiro atoms. The topological polar surface area (TPSA) is 30.5 Å². The van der Waals surface area contributed by atoms with Crippen molar-refractivity contribution in [2.24, 2.45) is 0 Å². The largest absolute Gasteiger partial charge is 0.380 e. The van der Waals surface area contributed by atoms with Crippen molar-refractivity contribution in [3.8, 4) is 0 Å². The molecule has 1 saturated heterocycles. The summed E-state index contributed by atoms with van der Waals surface area (Å²) in [6.45, 7) is 11.0. The lowest BCUT2D eigenvalue weighted by Crippen LogP contribution is -2.37. The Morgan fingerprint density at radius 2 is 2.27 bits per heavy atom. The van der Waals surface area contributed by atoms with Crippen LogP contribution in [0.3, 0.4) is 0 Å².